The van der Waals surface area contributed by atoms with Crippen molar-refractivity contribution < 1.29 is 9.18 Å². The summed E-state index contributed by atoms with van der Waals surface area (Å²) < 4.78 is 12.7. The third-order valence-corrected chi connectivity index (χ3v) is 2.53. The number of halogens is 1. The maximum Gasteiger partial charge on any atom is 0.324 e. The molecule has 1 aromatic carbocycles. The van der Waals surface area contributed by atoms with Gasteiger partial charge in [-0.25, -0.2) is 9.18 Å². The minimum atomic E-state index is -0.299. The van der Waals surface area contributed by atoms with Crippen LogP contribution in [0.1, 0.15) is 13.8 Å². The maximum absolute atomic E-state index is 12.7. The Balaban J connectivity index is 2.81. The van der Waals surface area contributed by atoms with E-state index in [1.807, 2.05) is 13.8 Å². The van der Waals surface area contributed by atoms with E-state index < -0.39 is 0 Å². The maximum atomic E-state index is 12.7. The van der Waals surface area contributed by atoms with Crippen molar-refractivity contribution in [3.63, 3.8) is 0 Å². The quantitative estimate of drug-likeness (QED) is 0.774. The van der Waals surface area contributed by atoms with Crippen molar-refractivity contribution >= 4 is 11.7 Å². The molecule has 3 nitrogen and oxygen atoms in total. The largest absolute Gasteiger partial charge is 0.325 e. The zero-order chi connectivity index (χ0) is 12.1. The summed E-state index contributed by atoms with van der Waals surface area (Å²) in [5.41, 5.74) is 0.693. The lowest BCUT2D eigenvalue weighted by Crippen LogP contribution is -2.41. The average molecular weight is 224 g/mol. The molecular weight excluding hydrogens is 207 g/mol. The number of amides is 2. The van der Waals surface area contributed by atoms with Gasteiger partial charge in [-0.3, -0.25) is 4.90 Å². The summed E-state index contributed by atoms with van der Waals surface area (Å²) in [6.07, 6.45) is 0. The first-order chi connectivity index (χ1) is 7.60. The van der Waals surface area contributed by atoms with Crippen LogP contribution in [-0.4, -0.2) is 31.1 Å². The van der Waals surface area contributed by atoms with Crippen molar-refractivity contribution in [3.05, 3.63) is 30.1 Å². The van der Waals surface area contributed by atoms with Crippen LogP contribution in [-0.2, 0) is 0 Å². The molecular formula is C12H17FN2O. The molecule has 1 rings (SSSR count). The van der Waals surface area contributed by atoms with E-state index in [2.05, 4.69) is 0 Å². The highest BCUT2D eigenvalue weighted by Gasteiger charge is 2.15. The Morgan fingerprint density at radius 1 is 1.19 bits per heavy atom. The molecule has 0 fully saturated rings. The minimum absolute atomic E-state index is 0.0726. The Bertz CT molecular complexity index is 347. The van der Waals surface area contributed by atoms with E-state index in [4.69, 9.17) is 0 Å². The van der Waals surface area contributed by atoms with Gasteiger partial charge in [0.2, 0.25) is 0 Å². The molecule has 0 atom stereocenters. The predicted molar refractivity (Wildman–Crippen MR) is 63.1 cm³/mol. The van der Waals surface area contributed by atoms with Crippen molar-refractivity contribution in [2.45, 2.75) is 13.8 Å². The Labute approximate surface area is 95.5 Å². The van der Waals surface area contributed by atoms with Crippen molar-refractivity contribution in [2.75, 3.05) is 25.0 Å². The SMILES string of the molecule is CCN(CC)C(=O)N(C)c1ccc(F)cc1. The highest BCUT2D eigenvalue weighted by molar-refractivity contribution is 5.91. The number of urea groups is 1. The van der Waals surface area contributed by atoms with Crippen LogP contribution in [0.15, 0.2) is 24.3 Å². The van der Waals surface area contributed by atoms with Crippen LogP contribution in [0.3, 0.4) is 0 Å². The van der Waals surface area contributed by atoms with Gasteiger partial charge in [0.25, 0.3) is 0 Å². The molecule has 0 aromatic heterocycles. The zero-order valence-corrected chi connectivity index (χ0v) is 9.90. The second-order valence-electron chi connectivity index (χ2n) is 3.49. The summed E-state index contributed by atoms with van der Waals surface area (Å²) in [5, 5.41) is 0. The lowest BCUT2D eigenvalue weighted by atomic mass is 10.3. The van der Waals surface area contributed by atoms with Crippen molar-refractivity contribution in [2.24, 2.45) is 0 Å². The summed E-state index contributed by atoms with van der Waals surface area (Å²) >= 11 is 0. The van der Waals surface area contributed by atoms with Crippen LogP contribution < -0.4 is 4.90 Å². The highest BCUT2D eigenvalue weighted by Crippen LogP contribution is 2.14. The van der Waals surface area contributed by atoms with Crippen LogP contribution in [0.4, 0.5) is 14.9 Å². The van der Waals surface area contributed by atoms with Gasteiger partial charge in [-0.2, -0.15) is 0 Å². The molecule has 0 radical (unpaired) electrons. The highest BCUT2D eigenvalue weighted by atomic mass is 19.1. The molecule has 0 N–H and O–H groups in total. The van der Waals surface area contributed by atoms with E-state index in [1.54, 1.807) is 24.1 Å². The number of benzene rings is 1. The fourth-order valence-electron chi connectivity index (χ4n) is 1.48. The van der Waals surface area contributed by atoms with Gasteiger partial charge in [0.15, 0.2) is 0 Å². The second-order valence-corrected chi connectivity index (χ2v) is 3.49. The molecule has 0 saturated heterocycles. The third-order valence-electron chi connectivity index (χ3n) is 2.53. The number of anilines is 1. The summed E-state index contributed by atoms with van der Waals surface area (Å²) in [7, 11) is 1.69. The molecule has 4 heteroatoms. The molecule has 0 saturated carbocycles. The van der Waals surface area contributed by atoms with Crippen molar-refractivity contribution in [1.82, 2.24) is 4.90 Å². The first kappa shape index (κ1) is 12.5. The summed E-state index contributed by atoms with van der Waals surface area (Å²) in [5.74, 6) is -0.299. The molecule has 0 spiro atoms. The monoisotopic (exact) mass is 224 g/mol. The standard InChI is InChI=1S/C12H17FN2O/c1-4-15(5-2)12(16)14(3)11-8-6-10(13)7-9-11/h6-9H,4-5H2,1-3H3. The third kappa shape index (κ3) is 2.72. The molecule has 0 aliphatic rings. The van der Waals surface area contributed by atoms with E-state index >= 15 is 0 Å². The van der Waals surface area contributed by atoms with E-state index in [9.17, 15) is 9.18 Å². The van der Waals surface area contributed by atoms with Gasteiger partial charge < -0.3 is 4.90 Å². The number of nitrogens with zero attached hydrogens (tertiary/aromatic N) is 2. The Morgan fingerprint density at radius 3 is 2.12 bits per heavy atom. The lowest BCUT2D eigenvalue weighted by Gasteiger charge is -2.26. The topological polar surface area (TPSA) is 23.6 Å². The van der Waals surface area contributed by atoms with E-state index in [0.717, 1.165) is 0 Å². The first-order valence-electron chi connectivity index (χ1n) is 5.38. The van der Waals surface area contributed by atoms with Gasteiger partial charge in [0, 0.05) is 25.8 Å². The molecule has 0 aliphatic heterocycles. The molecule has 16 heavy (non-hydrogen) atoms. The van der Waals surface area contributed by atoms with E-state index in [1.165, 1.54) is 17.0 Å². The first-order valence-corrected chi connectivity index (χ1v) is 5.38. The number of hydrogen-bond donors (Lipinski definition) is 0. The lowest BCUT2D eigenvalue weighted by molar-refractivity contribution is 0.211. The van der Waals surface area contributed by atoms with E-state index in [-0.39, 0.29) is 11.8 Å². The number of carbonyl (C=O) groups excluding carboxylic acids is 1. The fraction of sp³-hybridized carbons (Fsp3) is 0.417. The summed E-state index contributed by atoms with van der Waals surface area (Å²) in [6.45, 7) is 5.20. The number of carbonyl (C=O) groups is 1. The van der Waals surface area contributed by atoms with E-state index in [0.29, 0.717) is 18.8 Å². The van der Waals surface area contributed by atoms with Gasteiger partial charge in [-0.1, -0.05) is 0 Å². The van der Waals surface area contributed by atoms with Gasteiger partial charge in [-0.15, -0.1) is 0 Å². The average Bonchev–Trinajstić information content (AvgIpc) is 2.30. The van der Waals surface area contributed by atoms with Crippen molar-refractivity contribution in [1.29, 1.82) is 0 Å². The van der Waals surface area contributed by atoms with Crippen LogP contribution in [0.2, 0.25) is 0 Å². The summed E-state index contributed by atoms with van der Waals surface area (Å²) in [6, 6.07) is 5.81. The Morgan fingerprint density at radius 2 is 1.69 bits per heavy atom. The Kier molecular flexibility index (Phi) is 4.28. The van der Waals surface area contributed by atoms with Crippen LogP contribution in [0, 0.1) is 5.82 Å². The smallest absolute Gasteiger partial charge is 0.324 e. The molecule has 2 amide bonds. The normalized spacial score (nSPS) is 10.0. The zero-order valence-electron chi connectivity index (χ0n) is 9.90. The molecule has 0 unspecified atom stereocenters. The van der Waals surface area contributed by atoms with Crippen molar-refractivity contribution in [3.8, 4) is 0 Å². The molecule has 0 heterocycles. The number of hydrogen-bond acceptors (Lipinski definition) is 1. The van der Waals surface area contributed by atoms with Gasteiger partial charge in [-0.05, 0) is 38.1 Å². The summed E-state index contributed by atoms with van der Waals surface area (Å²) in [4.78, 5) is 15.2. The van der Waals surface area contributed by atoms with Crippen LogP contribution in [0.5, 0.6) is 0 Å². The minimum Gasteiger partial charge on any atom is -0.325 e. The molecule has 1 aromatic rings. The Hall–Kier alpha value is -1.58. The van der Waals surface area contributed by atoms with Gasteiger partial charge in [0.1, 0.15) is 5.82 Å². The predicted octanol–water partition coefficient (Wildman–Crippen LogP) is 2.72. The number of rotatable bonds is 3. The van der Waals surface area contributed by atoms with Gasteiger partial charge >= 0.3 is 6.03 Å². The molecule has 0 bridgehead atoms. The molecule has 0 aliphatic carbocycles. The van der Waals surface area contributed by atoms with Crippen LogP contribution in [0.25, 0.3) is 0 Å². The second kappa shape index (κ2) is 5.49. The van der Waals surface area contributed by atoms with Crippen LogP contribution >= 0.6 is 0 Å². The van der Waals surface area contributed by atoms with Gasteiger partial charge in [0.05, 0.1) is 0 Å². The fourth-order valence-corrected chi connectivity index (χ4v) is 1.48. The molecule has 88 valence electrons.